The highest BCUT2D eigenvalue weighted by Crippen LogP contribution is 2.27. The minimum Gasteiger partial charge on any atom is -0.341 e. The average molecular weight is 454 g/mol. The van der Waals surface area contributed by atoms with Gasteiger partial charge in [-0.2, -0.15) is 0 Å². The second kappa shape index (κ2) is 9.16. The van der Waals surface area contributed by atoms with E-state index in [-0.39, 0.29) is 17.3 Å². The maximum absolute atomic E-state index is 13.1. The van der Waals surface area contributed by atoms with Crippen LogP contribution in [-0.2, 0) is 26.0 Å². The van der Waals surface area contributed by atoms with Gasteiger partial charge in [0.15, 0.2) is 9.84 Å². The molecule has 168 valence electrons. The Kier molecular flexibility index (Phi) is 6.32. The number of anilines is 1. The molecule has 0 saturated carbocycles. The summed E-state index contributed by atoms with van der Waals surface area (Å²) in [4.78, 5) is 27.1. The molecular weight excluding hydrogens is 426 g/mol. The lowest BCUT2D eigenvalue weighted by Crippen LogP contribution is -2.37. The fourth-order valence-electron chi connectivity index (χ4n) is 4.07. The van der Waals surface area contributed by atoms with Gasteiger partial charge < -0.3 is 14.8 Å². The number of rotatable bonds is 6. The van der Waals surface area contributed by atoms with Gasteiger partial charge in [-0.15, -0.1) is 0 Å². The average Bonchev–Trinajstić information content (AvgIpc) is 3.15. The number of likely N-dealkylation sites (tertiary alicyclic amines) is 1. The van der Waals surface area contributed by atoms with Crippen molar-refractivity contribution in [3.63, 3.8) is 0 Å². The van der Waals surface area contributed by atoms with E-state index in [9.17, 15) is 18.0 Å². The highest BCUT2D eigenvalue weighted by atomic mass is 32.2. The Balaban J connectivity index is 1.56. The van der Waals surface area contributed by atoms with Crippen molar-refractivity contribution >= 4 is 38.2 Å². The lowest BCUT2D eigenvalue weighted by Gasteiger charge is -2.27. The van der Waals surface area contributed by atoms with Crippen LogP contribution >= 0.6 is 0 Å². The molecule has 0 spiro atoms. The third kappa shape index (κ3) is 4.85. The Morgan fingerprint density at radius 3 is 2.38 bits per heavy atom. The standard InChI is InChI=1S/C24H27N3O4S/c1-18-9-11-19(12-10-18)25-23(28)17-32(30,31)22-15-27(21-8-4-3-7-20(21)22)16-24(29)26-13-5-2-6-14-26/h3-4,7-12,15H,2,5-6,13-14,16-17H2,1H3,(H,25,28). The molecule has 1 fully saturated rings. The maximum atomic E-state index is 13.1. The number of fused-ring (bicyclic) bond motifs is 1. The third-order valence-corrected chi connectivity index (χ3v) is 7.40. The highest BCUT2D eigenvalue weighted by molar-refractivity contribution is 7.92. The van der Waals surface area contributed by atoms with Gasteiger partial charge >= 0.3 is 0 Å². The number of hydrogen-bond donors (Lipinski definition) is 1. The van der Waals surface area contributed by atoms with Gasteiger partial charge in [0.1, 0.15) is 12.3 Å². The number of benzene rings is 2. The first-order valence-corrected chi connectivity index (χ1v) is 12.4. The highest BCUT2D eigenvalue weighted by Gasteiger charge is 2.26. The predicted molar refractivity (Wildman–Crippen MR) is 124 cm³/mol. The van der Waals surface area contributed by atoms with Gasteiger partial charge in [0.25, 0.3) is 0 Å². The van der Waals surface area contributed by atoms with E-state index < -0.39 is 21.5 Å². The van der Waals surface area contributed by atoms with Crippen molar-refractivity contribution in [2.45, 2.75) is 37.6 Å². The van der Waals surface area contributed by atoms with Crippen LogP contribution in [0.25, 0.3) is 10.9 Å². The largest absolute Gasteiger partial charge is 0.341 e. The lowest BCUT2D eigenvalue weighted by atomic mass is 10.1. The number of nitrogens with one attached hydrogen (secondary N) is 1. The molecule has 0 atom stereocenters. The third-order valence-electron chi connectivity index (χ3n) is 5.76. The SMILES string of the molecule is Cc1ccc(NC(=O)CS(=O)(=O)c2cn(CC(=O)N3CCCCC3)c3ccccc23)cc1. The molecular formula is C24H27N3O4S. The van der Waals surface area contributed by atoms with E-state index in [1.165, 1.54) is 6.20 Å². The van der Waals surface area contributed by atoms with Gasteiger partial charge in [0, 0.05) is 35.9 Å². The molecule has 2 aromatic carbocycles. The normalized spacial score (nSPS) is 14.5. The number of piperidine rings is 1. The van der Waals surface area contributed by atoms with Crippen molar-refractivity contribution in [3.05, 3.63) is 60.3 Å². The number of carbonyl (C=O) groups excluding carboxylic acids is 2. The number of sulfone groups is 1. The minimum absolute atomic E-state index is 0.0217. The molecule has 3 aromatic rings. The lowest BCUT2D eigenvalue weighted by molar-refractivity contribution is -0.132. The molecule has 4 rings (SSSR count). The molecule has 0 aliphatic carbocycles. The van der Waals surface area contributed by atoms with Gasteiger partial charge in [-0.05, 0) is 44.4 Å². The number of carbonyl (C=O) groups is 2. The quantitative estimate of drug-likeness (QED) is 0.620. The zero-order chi connectivity index (χ0) is 22.7. The first kappa shape index (κ1) is 22.1. The molecule has 7 nitrogen and oxygen atoms in total. The smallest absolute Gasteiger partial charge is 0.242 e. The van der Waals surface area contributed by atoms with Crippen LogP contribution in [0.5, 0.6) is 0 Å². The summed E-state index contributed by atoms with van der Waals surface area (Å²) in [6.45, 7) is 3.48. The Labute approximate surface area is 187 Å². The molecule has 0 radical (unpaired) electrons. The Bertz CT molecular complexity index is 1240. The first-order valence-electron chi connectivity index (χ1n) is 10.8. The molecule has 1 aliphatic heterocycles. The fourth-order valence-corrected chi connectivity index (χ4v) is 5.43. The predicted octanol–water partition coefficient (Wildman–Crippen LogP) is 3.37. The van der Waals surface area contributed by atoms with Crippen LogP contribution in [0.4, 0.5) is 5.69 Å². The monoisotopic (exact) mass is 453 g/mol. The second-order valence-corrected chi connectivity index (χ2v) is 10.2. The molecule has 8 heteroatoms. The Morgan fingerprint density at radius 2 is 1.66 bits per heavy atom. The minimum atomic E-state index is -3.91. The van der Waals surface area contributed by atoms with Crippen molar-refractivity contribution in [1.29, 1.82) is 0 Å². The molecule has 2 heterocycles. The van der Waals surface area contributed by atoms with E-state index in [1.807, 2.05) is 30.0 Å². The molecule has 32 heavy (non-hydrogen) atoms. The van der Waals surface area contributed by atoms with Gasteiger partial charge in [0.2, 0.25) is 11.8 Å². The van der Waals surface area contributed by atoms with E-state index >= 15 is 0 Å². The van der Waals surface area contributed by atoms with Crippen LogP contribution in [0.2, 0.25) is 0 Å². The van der Waals surface area contributed by atoms with E-state index in [0.717, 1.165) is 37.9 Å². The zero-order valence-electron chi connectivity index (χ0n) is 18.1. The molecule has 1 N–H and O–H groups in total. The van der Waals surface area contributed by atoms with Crippen LogP contribution in [0, 0.1) is 6.92 Å². The van der Waals surface area contributed by atoms with Crippen LogP contribution in [0.1, 0.15) is 24.8 Å². The van der Waals surface area contributed by atoms with Gasteiger partial charge in [-0.1, -0.05) is 35.9 Å². The van der Waals surface area contributed by atoms with Crippen molar-refractivity contribution < 1.29 is 18.0 Å². The number of aryl methyl sites for hydroxylation is 1. The van der Waals surface area contributed by atoms with Crippen LogP contribution < -0.4 is 5.32 Å². The van der Waals surface area contributed by atoms with E-state index in [4.69, 9.17) is 0 Å². The maximum Gasteiger partial charge on any atom is 0.242 e. The summed E-state index contributed by atoms with van der Waals surface area (Å²) < 4.78 is 27.9. The summed E-state index contributed by atoms with van der Waals surface area (Å²) in [6, 6.07) is 14.2. The van der Waals surface area contributed by atoms with Gasteiger partial charge in [-0.3, -0.25) is 9.59 Å². The summed E-state index contributed by atoms with van der Waals surface area (Å²) >= 11 is 0. The van der Waals surface area contributed by atoms with E-state index in [2.05, 4.69) is 5.32 Å². The summed E-state index contributed by atoms with van der Waals surface area (Å²) in [6.07, 6.45) is 4.60. The van der Waals surface area contributed by atoms with Crippen LogP contribution in [0.3, 0.4) is 0 Å². The summed E-state index contributed by atoms with van der Waals surface area (Å²) in [7, 11) is -3.91. The van der Waals surface area contributed by atoms with Crippen molar-refractivity contribution in [2.24, 2.45) is 0 Å². The van der Waals surface area contributed by atoms with Crippen LogP contribution in [0.15, 0.2) is 59.6 Å². The molecule has 1 aromatic heterocycles. The Hall–Kier alpha value is -3.13. The molecule has 0 bridgehead atoms. The van der Waals surface area contributed by atoms with Crippen molar-refractivity contribution in [2.75, 3.05) is 24.2 Å². The van der Waals surface area contributed by atoms with Crippen molar-refractivity contribution in [3.8, 4) is 0 Å². The molecule has 0 unspecified atom stereocenters. The summed E-state index contributed by atoms with van der Waals surface area (Å²) in [5, 5.41) is 3.16. The zero-order valence-corrected chi connectivity index (χ0v) is 18.9. The Morgan fingerprint density at radius 1 is 0.969 bits per heavy atom. The summed E-state index contributed by atoms with van der Waals surface area (Å²) in [5.41, 5.74) is 2.25. The number of amides is 2. The first-order chi connectivity index (χ1) is 15.3. The number of aromatic nitrogens is 1. The molecule has 1 aliphatic rings. The summed E-state index contributed by atoms with van der Waals surface area (Å²) in [5.74, 6) is -1.30. The molecule has 1 saturated heterocycles. The number of hydrogen-bond acceptors (Lipinski definition) is 4. The number of nitrogens with zero attached hydrogens (tertiary/aromatic N) is 2. The van der Waals surface area contributed by atoms with Crippen LogP contribution in [-0.4, -0.2) is 48.5 Å². The van der Waals surface area contributed by atoms with Gasteiger partial charge in [0.05, 0.1) is 4.90 Å². The second-order valence-electron chi connectivity index (χ2n) is 8.25. The molecule has 2 amide bonds. The fraction of sp³-hybridized carbons (Fsp3) is 0.333. The number of para-hydroxylation sites is 1. The topological polar surface area (TPSA) is 88.5 Å². The van der Waals surface area contributed by atoms with Crippen molar-refractivity contribution in [1.82, 2.24) is 9.47 Å². The van der Waals surface area contributed by atoms with E-state index in [0.29, 0.717) is 16.6 Å². The van der Waals surface area contributed by atoms with Gasteiger partial charge in [-0.25, -0.2) is 8.42 Å². The van der Waals surface area contributed by atoms with E-state index in [1.54, 1.807) is 34.9 Å².